The maximum absolute atomic E-state index is 13.4. The van der Waals surface area contributed by atoms with Gasteiger partial charge >= 0.3 is 0 Å². The zero-order valence-corrected chi connectivity index (χ0v) is 14.5. The predicted octanol–water partition coefficient (Wildman–Crippen LogP) is 3.61. The van der Waals surface area contributed by atoms with Crippen molar-refractivity contribution in [1.29, 1.82) is 0 Å². The van der Waals surface area contributed by atoms with Crippen molar-refractivity contribution in [2.45, 2.75) is 12.6 Å². The molecule has 0 amide bonds. The second-order valence-corrected chi connectivity index (χ2v) is 7.30. The van der Waals surface area contributed by atoms with Gasteiger partial charge in [-0.2, -0.15) is 0 Å². The molecule has 1 atom stereocenters. The van der Waals surface area contributed by atoms with E-state index in [1.165, 1.54) is 6.07 Å². The molecule has 1 fully saturated rings. The van der Waals surface area contributed by atoms with Crippen LogP contribution in [-0.4, -0.2) is 29.5 Å². The lowest BCUT2D eigenvalue weighted by Crippen LogP contribution is -2.45. The summed E-state index contributed by atoms with van der Waals surface area (Å²) in [6, 6.07) is 7.08. The molecule has 1 aromatic heterocycles. The second-order valence-electron chi connectivity index (χ2n) is 4.80. The first-order valence-corrected chi connectivity index (χ1v) is 8.14. The summed E-state index contributed by atoms with van der Waals surface area (Å²) in [5.41, 5.74) is 1.02. The third-order valence-electron chi connectivity index (χ3n) is 3.45. The molecule has 0 radical (unpaired) electrons. The lowest BCUT2D eigenvalue weighted by molar-refractivity contribution is 0.153. The fourth-order valence-corrected chi connectivity index (χ4v) is 3.84. The van der Waals surface area contributed by atoms with E-state index in [1.54, 1.807) is 23.5 Å². The topological polar surface area (TPSA) is 28.2 Å². The zero-order valence-electron chi connectivity index (χ0n) is 11.3. The van der Waals surface area contributed by atoms with Gasteiger partial charge in [0, 0.05) is 25.7 Å². The highest BCUT2D eigenvalue weighted by molar-refractivity contribution is 9.11. The number of piperazine rings is 1. The molecule has 114 valence electrons. The molecule has 0 spiro atoms. The van der Waals surface area contributed by atoms with Crippen molar-refractivity contribution in [3.8, 4) is 0 Å². The third kappa shape index (κ3) is 4.23. The molecule has 1 saturated heterocycles. The van der Waals surface area contributed by atoms with E-state index in [-0.39, 0.29) is 24.3 Å². The number of hydrogen-bond acceptors (Lipinski definition) is 4. The molecule has 1 aliphatic heterocycles. The van der Waals surface area contributed by atoms with Crippen LogP contribution in [0.15, 0.2) is 34.2 Å². The molecule has 2 aromatic rings. The van der Waals surface area contributed by atoms with Gasteiger partial charge in [-0.15, -0.1) is 23.7 Å². The molecule has 3 nitrogen and oxygen atoms in total. The lowest BCUT2D eigenvalue weighted by atomic mass is 10.0. The van der Waals surface area contributed by atoms with Crippen LogP contribution in [0.25, 0.3) is 0 Å². The number of nitrogens with one attached hydrogen (secondary N) is 1. The van der Waals surface area contributed by atoms with Crippen molar-refractivity contribution in [3.05, 3.63) is 50.6 Å². The van der Waals surface area contributed by atoms with Crippen LogP contribution in [0.5, 0.6) is 0 Å². The highest BCUT2D eigenvalue weighted by Gasteiger charge is 2.24. The monoisotopic (exact) mass is 391 g/mol. The maximum Gasteiger partial charge on any atom is 0.123 e. The summed E-state index contributed by atoms with van der Waals surface area (Å²) < 4.78 is 14.5. The largest absolute Gasteiger partial charge is 0.314 e. The molecular formula is C14H16BrClFN3S. The van der Waals surface area contributed by atoms with E-state index >= 15 is 0 Å². The Morgan fingerprint density at radius 3 is 3.05 bits per heavy atom. The Morgan fingerprint density at radius 2 is 2.33 bits per heavy atom. The molecule has 1 aliphatic rings. The molecule has 0 aliphatic carbocycles. The molecule has 1 N–H and O–H groups in total. The van der Waals surface area contributed by atoms with E-state index in [0.717, 1.165) is 40.5 Å². The fraction of sp³-hybridized carbons (Fsp3) is 0.357. The van der Waals surface area contributed by atoms with Gasteiger partial charge < -0.3 is 5.32 Å². The van der Waals surface area contributed by atoms with E-state index in [4.69, 9.17) is 0 Å². The van der Waals surface area contributed by atoms with Crippen LogP contribution >= 0.6 is 39.7 Å². The molecule has 2 heterocycles. The fourth-order valence-electron chi connectivity index (χ4n) is 2.51. The van der Waals surface area contributed by atoms with Crippen LogP contribution in [0, 0.1) is 5.82 Å². The summed E-state index contributed by atoms with van der Waals surface area (Å²) >= 11 is 5.09. The van der Waals surface area contributed by atoms with E-state index < -0.39 is 0 Å². The maximum atomic E-state index is 13.4. The van der Waals surface area contributed by atoms with Crippen molar-refractivity contribution in [1.82, 2.24) is 15.2 Å². The minimum Gasteiger partial charge on any atom is -0.314 e. The first-order valence-electron chi connectivity index (χ1n) is 6.53. The second kappa shape index (κ2) is 7.65. The third-order valence-corrected chi connectivity index (χ3v) is 4.91. The average Bonchev–Trinajstić information content (AvgIpc) is 2.85. The first kappa shape index (κ1) is 16.8. The van der Waals surface area contributed by atoms with Crippen molar-refractivity contribution >= 4 is 39.7 Å². The summed E-state index contributed by atoms with van der Waals surface area (Å²) in [6.07, 6.45) is 1.83. The minimum atomic E-state index is -0.176. The molecule has 21 heavy (non-hydrogen) atoms. The number of nitrogens with zero attached hydrogens (tertiary/aromatic N) is 2. The first-order chi connectivity index (χ1) is 9.72. The van der Waals surface area contributed by atoms with Gasteiger partial charge in [0.2, 0.25) is 0 Å². The summed E-state index contributed by atoms with van der Waals surface area (Å²) in [6.45, 7) is 3.55. The summed E-state index contributed by atoms with van der Waals surface area (Å²) in [5, 5.41) is 4.47. The Labute approximate surface area is 142 Å². The minimum absolute atomic E-state index is 0. The molecular weight excluding hydrogens is 377 g/mol. The van der Waals surface area contributed by atoms with Gasteiger partial charge in [0.15, 0.2) is 0 Å². The average molecular weight is 393 g/mol. The molecule has 3 rings (SSSR count). The Balaban J connectivity index is 0.00000161. The van der Waals surface area contributed by atoms with Gasteiger partial charge in [-0.1, -0.05) is 12.1 Å². The normalized spacial score (nSPS) is 19.2. The van der Waals surface area contributed by atoms with Crippen molar-refractivity contribution in [2.24, 2.45) is 0 Å². The highest BCUT2D eigenvalue weighted by atomic mass is 79.9. The Morgan fingerprint density at radius 1 is 1.48 bits per heavy atom. The van der Waals surface area contributed by atoms with E-state index in [1.807, 2.05) is 12.3 Å². The standard InChI is InChI=1S/C14H15BrFN3S.ClH/c15-13-8-18-14(20-13)9-19-5-4-17-7-12(19)10-2-1-3-11(16)6-10;/h1-3,6,8,12,17H,4-5,7,9H2;1H. The molecule has 1 aromatic carbocycles. The van der Waals surface area contributed by atoms with Crippen molar-refractivity contribution < 1.29 is 4.39 Å². The number of rotatable bonds is 3. The van der Waals surface area contributed by atoms with Crippen LogP contribution < -0.4 is 5.32 Å². The number of benzene rings is 1. The number of aromatic nitrogens is 1. The number of halogens is 3. The predicted molar refractivity (Wildman–Crippen MR) is 89.5 cm³/mol. The Bertz CT molecular complexity index is 595. The Hall–Kier alpha value is -0.530. The molecule has 0 saturated carbocycles. The van der Waals surface area contributed by atoms with Crippen LogP contribution in [0.2, 0.25) is 0 Å². The van der Waals surface area contributed by atoms with Gasteiger partial charge in [-0.05, 0) is 33.6 Å². The zero-order chi connectivity index (χ0) is 13.9. The van der Waals surface area contributed by atoms with Crippen LogP contribution in [0.4, 0.5) is 4.39 Å². The van der Waals surface area contributed by atoms with Crippen LogP contribution in [0.3, 0.4) is 0 Å². The van der Waals surface area contributed by atoms with E-state index in [0.29, 0.717) is 0 Å². The Kier molecular flexibility index (Phi) is 6.13. The van der Waals surface area contributed by atoms with Gasteiger partial charge in [0.1, 0.15) is 10.8 Å². The number of thiazole rings is 1. The lowest BCUT2D eigenvalue weighted by Gasteiger charge is -2.36. The highest BCUT2D eigenvalue weighted by Crippen LogP contribution is 2.27. The molecule has 1 unspecified atom stereocenters. The van der Waals surface area contributed by atoms with Crippen molar-refractivity contribution in [2.75, 3.05) is 19.6 Å². The number of hydrogen-bond donors (Lipinski definition) is 1. The summed E-state index contributed by atoms with van der Waals surface area (Å²) in [5.74, 6) is -0.176. The molecule has 0 bridgehead atoms. The summed E-state index contributed by atoms with van der Waals surface area (Å²) in [4.78, 5) is 6.75. The van der Waals surface area contributed by atoms with Gasteiger partial charge in [-0.25, -0.2) is 9.37 Å². The smallest absolute Gasteiger partial charge is 0.123 e. The van der Waals surface area contributed by atoms with Gasteiger partial charge in [0.05, 0.1) is 16.5 Å². The van der Waals surface area contributed by atoms with Crippen LogP contribution in [0.1, 0.15) is 16.6 Å². The SMILES string of the molecule is Cl.Fc1cccc(C2CNCCN2Cc2ncc(Br)s2)c1. The molecule has 7 heteroatoms. The van der Waals surface area contributed by atoms with E-state index in [9.17, 15) is 4.39 Å². The van der Waals surface area contributed by atoms with Gasteiger partial charge in [0.25, 0.3) is 0 Å². The van der Waals surface area contributed by atoms with Gasteiger partial charge in [-0.3, -0.25) is 4.90 Å². The van der Waals surface area contributed by atoms with Crippen molar-refractivity contribution in [3.63, 3.8) is 0 Å². The van der Waals surface area contributed by atoms with E-state index in [2.05, 4.69) is 31.1 Å². The quantitative estimate of drug-likeness (QED) is 0.865. The summed E-state index contributed by atoms with van der Waals surface area (Å²) in [7, 11) is 0. The van der Waals surface area contributed by atoms with Crippen LogP contribution in [-0.2, 0) is 6.54 Å².